The number of hydrogen-bond donors (Lipinski definition) is 0. The van der Waals surface area contributed by atoms with Crippen molar-refractivity contribution in [3.05, 3.63) is 24.4 Å². The average molecular weight is 302 g/mol. The number of unbranched alkanes of at least 4 members (excludes halogenated alkanes) is 2. The lowest BCUT2D eigenvalue weighted by Crippen LogP contribution is -2.67. The predicted octanol–water partition coefficient (Wildman–Crippen LogP) is 2.57. The van der Waals surface area contributed by atoms with Crippen molar-refractivity contribution in [3.63, 3.8) is 0 Å². The number of allylic oxidation sites excluding steroid dienone is 1. The molecule has 22 heavy (non-hydrogen) atoms. The molecule has 0 unspecified atom stereocenters. The SMILES string of the molecule is CCCCN1C=C[C@@H]2[C@@H]3C=CC(=O)N(CCCC)[C@@H]3[C@@H]2C1=O. The average Bonchev–Trinajstić information content (AvgIpc) is 2.50. The molecule has 1 fully saturated rings. The molecular weight excluding hydrogens is 276 g/mol. The fourth-order valence-electron chi connectivity index (χ4n) is 4.00. The number of carbonyl (C=O) groups excluding carboxylic acids is 2. The summed E-state index contributed by atoms with van der Waals surface area (Å²) >= 11 is 0. The van der Waals surface area contributed by atoms with Crippen LogP contribution in [0.4, 0.5) is 0 Å². The summed E-state index contributed by atoms with van der Waals surface area (Å²) in [5, 5.41) is 0. The molecular formula is C18H26N2O2. The van der Waals surface area contributed by atoms with E-state index in [9.17, 15) is 9.59 Å². The number of rotatable bonds is 6. The van der Waals surface area contributed by atoms with E-state index < -0.39 is 0 Å². The molecule has 0 saturated heterocycles. The van der Waals surface area contributed by atoms with Crippen LogP contribution in [0.2, 0.25) is 0 Å². The Labute approximate surface area is 132 Å². The minimum absolute atomic E-state index is 0.0300. The maximum atomic E-state index is 12.8. The fraction of sp³-hybridized carbons (Fsp3) is 0.667. The van der Waals surface area contributed by atoms with E-state index in [-0.39, 0.29) is 29.7 Å². The first-order chi connectivity index (χ1) is 10.7. The van der Waals surface area contributed by atoms with Gasteiger partial charge in [-0.3, -0.25) is 9.59 Å². The minimum atomic E-state index is -0.0300. The van der Waals surface area contributed by atoms with E-state index in [4.69, 9.17) is 0 Å². The van der Waals surface area contributed by atoms with Crippen molar-refractivity contribution in [2.75, 3.05) is 13.1 Å². The van der Waals surface area contributed by atoms with Gasteiger partial charge in [0.05, 0.1) is 12.0 Å². The van der Waals surface area contributed by atoms with Gasteiger partial charge in [0.15, 0.2) is 0 Å². The highest BCUT2D eigenvalue weighted by atomic mass is 16.2. The Morgan fingerprint density at radius 2 is 1.73 bits per heavy atom. The zero-order valence-corrected chi connectivity index (χ0v) is 13.6. The van der Waals surface area contributed by atoms with Crippen LogP contribution in [-0.2, 0) is 9.59 Å². The smallest absolute Gasteiger partial charge is 0.246 e. The third-order valence-electron chi connectivity index (χ3n) is 5.29. The van der Waals surface area contributed by atoms with Crippen LogP contribution in [0.1, 0.15) is 39.5 Å². The highest BCUT2D eigenvalue weighted by molar-refractivity contribution is 5.92. The molecule has 120 valence electrons. The van der Waals surface area contributed by atoms with Crippen LogP contribution in [0.15, 0.2) is 24.4 Å². The first-order valence-electron chi connectivity index (χ1n) is 8.66. The van der Waals surface area contributed by atoms with Crippen LogP contribution in [0.3, 0.4) is 0 Å². The molecule has 1 aliphatic carbocycles. The summed E-state index contributed by atoms with van der Waals surface area (Å²) in [5.74, 6) is 0.872. The Balaban J connectivity index is 1.78. The summed E-state index contributed by atoms with van der Waals surface area (Å²) in [6, 6.07) is 0.0793. The Kier molecular flexibility index (Phi) is 4.37. The zero-order valence-electron chi connectivity index (χ0n) is 13.6. The molecule has 3 aliphatic rings. The third-order valence-corrected chi connectivity index (χ3v) is 5.29. The zero-order chi connectivity index (χ0) is 15.7. The van der Waals surface area contributed by atoms with Crippen LogP contribution in [-0.4, -0.2) is 40.7 Å². The largest absolute Gasteiger partial charge is 0.335 e. The quantitative estimate of drug-likeness (QED) is 0.756. The molecule has 0 aromatic rings. The lowest BCUT2D eigenvalue weighted by molar-refractivity contribution is -0.155. The van der Waals surface area contributed by atoms with Gasteiger partial charge in [-0.1, -0.05) is 38.8 Å². The number of hydrogen-bond acceptors (Lipinski definition) is 2. The second-order valence-corrected chi connectivity index (χ2v) is 6.64. The molecule has 4 nitrogen and oxygen atoms in total. The van der Waals surface area contributed by atoms with Crippen LogP contribution in [0, 0.1) is 17.8 Å². The summed E-state index contributed by atoms with van der Waals surface area (Å²) in [6.07, 6.45) is 12.1. The fourth-order valence-corrected chi connectivity index (χ4v) is 4.00. The van der Waals surface area contributed by atoms with Gasteiger partial charge >= 0.3 is 0 Å². The lowest BCUT2D eigenvalue weighted by atomic mass is 9.57. The molecule has 0 aromatic carbocycles. The molecule has 1 saturated carbocycles. The van der Waals surface area contributed by atoms with Crippen molar-refractivity contribution in [2.45, 2.75) is 45.6 Å². The predicted molar refractivity (Wildman–Crippen MR) is 85.8 cm³/mol. The highest BCUT2D eigenvalue weighted by Crippen LogP contribution is 2.50. The van der Waals surface area contributed by atoms with E-state index >= 15 is 0 Å². The number of amides is 2. The van der Waals surface area contributed by atoms with Crippen molar-refractivity contribution in [2.24, 2.45) is 17.8 Å². The Morgan fingerprint density at radius 3 is 2.45 bits per heavy atom. The van der Waals surface area contributed by atoms with Crippen molar-refractivity contribution in [1.29, 1.82) is 0 Å². The number of carbonyl (C=O) groups is 2. The standard InChI is InChI=1S/C18H26N2O2/c1-3-5-10-19-12-9-13-14-7-8-15(21)20(11-6-4-2)17(14)16(13)18(19)22/h7-9,12-14,16-17H,3-6,10-11H2,1-2H3/t13-,14+,16-,17+/m1/s1. The van der Waals surface area contributed by atoms with Gasteiger partial charge in [0.2, 0.25) is 11.8 Å². The van der Waals surface area contributed by atoms with E-state index in [0.717, 1.165) is 38.8 Å². The van der Waals surface area contributed by atoms with Crippen molar-refractivity contribution in [1.82, 2.24) is 9.80 Å². The molecule has 2 aliphatic heterocycles. The topological polar surface area (TPSA) is 40.6 Å². The molecule has 0 radical (unpaired) electrons. The molecule has 0 bridgehead atoms. The summed E-state index contributed by atoms with van der Waals surface area (Å²) in [5.41, 5.74) is 0. The molecule has 4 heteroatoms. The van der Waals surface area contributed by atoms with Gasteiger partial charge in [-0.05, 0) is 18.9 Å². The van der Waals surface area contributed by atoms with Gasteiger partial charge in [0.1, 0.15) is 0 Å². The van der Waals surface area contributed by atoms with Gasteiger partial charge < -0.3 is 9.80 Å². The highest BCUT2D eigenvalue weighted by Gasteiger charge is 2.58. The molecule has 2 amide bonds. The Hall–Kier alpha value is -1.58. The molecule has 2 heterocycles. The first kappa shape index (κ1) is 15.3. The van der Waals surface area contributed by atoms with Gasteiger partial charge in [0, 0.05) is 31.1 Å². The maximum absolute atomic E-state index is 12.8. The summed E-state index contributed by atoms with van der Waals surface area (Å²) in [6.45, 7) is 5.84. The van der Waals surface area contributed by atoms with Gasteiger partial charge in [-0.15, -0.1) is 0 Å². The number of nitrogens with zero attached hydrogens (tertiary/aromatic N) is 2. The Bertz CT molecular complexity index is 511. The van der Waals surface area contributed by atoms with Crippen LogP contribution in [0.25, 0.3) is 0 Å². The molecule has 0 aromatic heterocycles. The third kappa shape index (κ3) is 2.38. The van der Waals surface area contributed by atoms with E-state index in [1.54, 1.807) is 6.08 Å². The van der Waals surface area contributed by atoms with Crippen LogP contribution < -0.4 is 0 Å². The van der Waals surface area contributed by atoms with Crippen molar-refractivity contribution < 1.29 is 9.59 Å². The second kappa shape index (κ2) is 6.27. The van der Waals surface area contributed by atoms with Gasteiger partial charge in [-0.2, -0.15) is 0 Å². The minimum Gasteiger partial charge on any atom is -0.335 e. The summed E-state index contributed by atoms with van der Waals surface area (Å²) in [7, 11) is 0. The monoisotopic (exact) mass is 302 g/mol. The van der Waals surface area contributed by atoms with Crippen LogP contribution in [0.5, 0.6) is 0 Å². The second-order valence-electron chi connectivity index (χ2n) is 6.64. The number of fused-ring (bicyclic) bond motifs is 4. The maximum Gasteiger partial charge on any atom is 0.246 e. The van der Waals surface area contributed by atoms with Crippen molar-refractivity contribution >= 4 is 11.8 Å². The summed E-state index contributed by atoms with van der Waals surface area (Å²) in [4.78, 5) is 28.8. The van der Waals surface area contributed by atoms with E-state index in [0.29, 0.717) is 5.92 Å². The molecule has 0 spiro atoms. The van der Waals surface area contributed by atoms with Crippen LogP contribution >= 0.6 is 0 Å². The van der Waals surface area contributed by atoms with Crippen molar-refractivity contribution in [3.8, 4) is 0 Å². The first-order valence-corrected chi connectivity index (χ1v) is 8.66. The van der Waals surface area contributed by atoms with Gasteiger partial charge in [0.25, 0.3) is 0 Å². The molecule has 0 N–H and O–H groups in total. The molecule has 3 rings (SSSR count). The van der Waals surface area contributed by atoms with Gasteiger partial charge in [-0.25, -0.2) is 0 Å². The Morgan fingerprint density at radius 1 is 1.00 bits per heavy atom. The van der Waals surface area contributed by atoms with E-state index in [1.807, 2.05) is 22.1 Å². The van der Waals surface area contributed by atoms with E-state index in [2.05, 4.69) is 19.9 Å². The summed E-state index contributed by atoms with van der Waals surface area (Å²) < 4.78 is 0. The lowest BCUT2D eigenvalue weighted by Gasteiger charge is -2.57. The normalized spacial score (nSPS) is 32.8. The molecule has 4 atom stereocenters. The van der Waals surface area contributed by atoms with E-state index in [1.165, 1.54) is 0 Å².